The summed E-state index contributed by atoms with van der Waals surface area (Å²) in [6.07, 6.45) is 6.17. The smallest absolute Gasteiger partial charge is 0.244 e. The molecular weight excluding hydrogens is 313 g/mol. The zero-order chi connectivity index (χ0) is 17.1. The minimum atomic E-state index is -0.865. The Morgan fingerprint density at radius 1 is 1.50 bits per heavy atom. The molecule has 0 radical (unpaired) electrons. The van der Waals surface area contributed by atoms with Crippen molar-refractivity contribution in [1.29, 1.82) is 0 Å². The van der Waals surface area contributed by atoms with Gasteiger partial charge in [0.1, 0.15) is 24.9 Å². The highest BCUT2D eigenvalue weighted by atomic mass is 19.1. The third-order valence-corrected chi connectivity index (χ3v) is 4.35. The zero-order valence-electron chi connectivity index (χ0n) is 13.8. The average molecular weight is 335 g/mol. The van der Waals surface area contributed by atoms with Crippen LogP contribution in [0.5, 0.6) is 0 Å². The van der Waals surface area contributed by atoms with Crippen molar-refractivity contribution in [3.8, 4) is 0 Å². The minimum absolute atomic E-state index is 0.0212. The Labute approximate surface area is 139 Å². The van der Waals surface area contributed by atoms with Gasteiger partial charge in [-0.1, -0.05) is 0 Å². The summed E-state index contributed by atoms with van der Waals surface area (Å²) in [5.41, 5.74) is 1.04. The first-order chi connectivity index (χ1) is 11.5. The quantitative estimate of drug-likeness (QED) is 0.821. The van der Waals surface area contributed by atoms with Gasteiger partial charge in [0.15, 0.2) is 0 Å². The van der Waals surface area contributed by atoms with Crippen molar-refractivity contribution in [2.75, 3.05) is 13.1 Å². The number of amides is 1. The number of nitrogens with zero attached hydrogens (tertiary/aromatic N) is 6. The van der Waals surface area contributed by atoms with Crippen molar-refractivity contribution in [2.45, 2.75) is 38.1 Å². The fourth-order valence-electron chi connectivity index (χ4n) is 3.02. The number of likely N-dealkylation sites (tertiary alicyclic amines) is 1. The molecule has 8 nitrogen and oxygen atoms in total. The Bertz CT molecular complexity index is 671. The molecular formula is C15H22FN7O. The number of nitrogens with one attached hydrogen (secondary N) is 1. The maximum absolute atomic E-state index is 13.8. The Balaban J connectivity index is 1.55. The van der Waals surface area contributed by atoms with Gasteiger partial charge in [0.05, 0.1) is 6.20 Å². The maximum atomic E-state index is 13.8. The number of alkyl halides is 1. The Kier molecular flexibility index (Phi) is 4.89. The lowest BCUT2D eigenvalue weighted by Gasteiger charge is -2.24. The van der Waals surface area contributed by atoms with E-state index in [-0.39, 0.29) is 11.9 Å². The Morgan fingerprint density at radius 3 is 3.00 bits per heavy atom. The van der Waals surface area contributed by atoms with Crippen molar-refractivity contribution in [1.82, 2.24) is 34.8 Å². The summed E-state index contributed by atoms with van der Waals surface area (Å²) >= 11 is 0. The highest BCUT2D eigenvalue weighted by Crippen LogP contribution is 2.22. The number of rotatable bonds is 6. The molecule has 1 N–H and O–H groups in total. The summed E-state index contributed by atoms with van der Waals surface area (Å²) < 4.78 is 17.1. The number of aryl methyl sites for hydroxylation is 1. The van der Waals surface area contributed by atoms with Gasteiger partial charge in [0.2, 0.25) is 5.91 Å². The lowest BCUT2D eigenvalue weighted by molar-refractivity contribution is -0.124. The lowest BCUT2D eigenvalue weighted by Crippen LogP contribution is -2.41. The van der Waals surface area contributed by atoms with Gasteiger partial charge in [-0.2, -0.15) is 10.2 Å². The monoisotopic (exact) mass is 335 g/mol. The van der Waals surface area contributed by atoms with E-state index in [4.69, 9.17) is 0 Å². The van der Waals surface area contributed by atoms with Crippen LogP contribution in [0.2, 0.25) is 0 Å². The van der Waals surface area contributed by atoms with Crippen LogP contribution >= 0.6 is 0 Å². The predicted octanol–water partition coefficient (Wildman–Crippen LogP) is 0.301. The molecule has 0 spiro atoms. The van der Waals surface area contributed by atoms with Crippen LogP contribution in [0.25, 0.3) is 0 Å². The largest absolute Gasteiger partial charge is 0.353 e. The molecule has 2 aromatic rings. The average Bonchev–Trinajstić information content (AvgIpc) is 3.27. The standard InChI is InChI=1S/C15H22FN7O/c1-11(23-10-17-9-20-23)15(24)18-5-14-3-13(16)8-22(14)7-12-4-19-21(2)6-12/h4,6,9-11,13-14H,3,5,7-8H2,1-2H3,(H,18,24)/t11?,13-,14-/m0/s1. The number of aromatic nitrogens is 5. The van der Waals surface area contributed by atoms with Gasteiger partial charge in [0.25, 0.3) is 0 Å². The number of carbonyl (C=O) groups is 1. The molecule has 1 aliphatic heterocycles. The van der Waals surface area contributed by atoms with Crippen LogP contribution in [-0.4, -0.2) is 60.7 Å². The van der Waals surface area contributed by atoms with E-state index in [0.29, 0.717) is 26.1 Å². The van der Waals surface area contributed by atoms with E-state index in [0.717, 1.165) is 5.56 Å². The molecule has 1 unspecified atom stereocenters. The molecule has 2 aromatic heterocycles. The van der Waals surface area contributed by atoms with Gasteiger partial charge < -0.3 is 5.32 Å². The molecule has 9 heteroatoms. The molecule has 1 amide bonds. The fourth-order valence-corrected chi connectivity index (χ4v) is 3.02. The Morgan fingerprint density at radius 2 is 2.33 bits per heavy atom. The van der Waals surface area contributed by atoms with Crippen LogP contribution in [0.15, 0.2) is 25.0 Å². The van der Waals surface area contributed by atoms with Crippen molar-refractivity contribution >= 4 is 5.91 Å². The second-order valence-corrected chi connectivity index (χ2v) is 6.24. The van der Waals surface area contributed by atoms with Gasteiger partial charge in [-0.3, -0.25) is 14.4 Å². The van der Waals surface area contributed by atoms with Crippen LogP contribution in [-0.2, 0) is 18.4 Å². The summed E-state index contributed by atoms with van der Waals surface area (Å²) in [5, 5.41) is 11.0. The predicted molar refractivity (Wildman–Crippen MR) is 84.7 cm³/mol. The number of hydrogen-bond donors (Lipinski definition) is 1. The third-order valence-electron chi connectivity index (χ3n) is 4.35. The van der Waals surface area contributed by atoms with E-state index in [1.165, 1.54) is 17.3 Å². The summed E-state index contributed by atoms with van der Waals surface area (Å²) in [5.74, 6) is -0.149. The van der Waals surface area contributed by atoms with Crippen LogP contribution in [0.3, 0.4) is 0 Å². The van der Waals surface area contributed by atoms with Crippen molar-refractivity contribution in [3.05, 3.63) is 30.6 Å². The van der Waals surface area contributed by atoms with Crippen molar-refractivity contribution in [2.24, 2.45) is 7.05 Å². The van der Waals surface area contributed by atoms with Crippen molar-refractivity contribution < 1.29 is 9.18 Å². The second kappa shape index (κ2) is 7.08. The SMILES string of the molecule is CC(C(=O)NC[C@@H]1C[C@H](F)CN1Cc1cnn(C)c1)n1cncn1. The molecule has 1 fully saturated rings. The number of carbonyl (C=O) groups excluding carboxylic acids is 1. The van der Waals surface area contributed by atoms with E-state index in [9.17, 15) is 9.18 Å². The lowest BCUT2D eigenvalue weighted by atomic mass is 10.2. The van der Waals surface area contributed by atoms with E-state index < -0.39 is 12.2 Å². The van der Waals surface area contributed by atoms with Crippen LogP contribution < -0.4 is 5.32 Å². The maximum Gasteiger partial charge on any atom is 0.244 e. The highest BCUT2D eigenvalue weighted by molar-refractivity contribution is 5.79. The van der Waals surface area contributed by atoms with Gasteiger partial charge in [-0.05, 0) is 13.3 Å². The Hall–Kier alpha value is -2.29. The van der Waals surface area contributed by atoms with Gasteiger partial charge in [0, 0.05) is 44.5 Å². The molecule has 0 saturated carbocycles. The molecule has 0 aliphatic carbocycles. The molecule has 3 rings (SSSR count). The molecule has 0 bridgehead atoms. The highest BCUT2D eigenvalue weighted by Gasteiger charge is 2.32. The first-order valence-corrected chi connectivity index (χ1v) is 8.00. The van der Waals surface area contributed by atoms with E-state index in [2.05, 4.69) is 25.4 Å². The summed E-state index contributed by atoms with van der Waals surface area (Å²) in [4.78, 5) is 18.1. The summed E-state index contributed by atoms with van der Waals surface area (Å²) in [6.45, 7) is 3.18. The molecule has 1 aliphatic rings. The van der Waals surface area contributed by atoms with E-state index >= 15 is 0 Å². The number of hydrogen-bond acceptors (Lipinski definition) is 5. The third kappa shape index (κ3) is 3.78. The van der Waals surface area contributed by atoms with Crippen molar-refractivity contribution in [3.63, 3.8) is 0 Å². The topological polar surface area (TPSA) is 80.9 Å². The molecule has 3 heterocycles. The molecule has 1 saturated heterocycles. The minimum Gasteiger partial charge on any atom is -0.353 e. The normalized spacial score (nSPS) is 22.6. The van der Waals surface area contributed by atoms with E-state index in [1.54, 1.807) is 17.8 Å². The molecule has 3 atom stereocenters. The van der Waals surface area contributed by atoms with Gasteiger partial charge >= 0.3 is 0 Å². The molecule has 0 aromatic carbocycles. The fraction of sp³-hybridized carbons (Fsp3) is 0.600. The van der Waals surface area contributed by atoms with Crippen LogP contribution in [0.4, 0.5) is 4.39 Å². The zero-order valence-corrected chi connectivity index (χ0v) is 13.8. The first kappa shape index (κ1) is 16.6. The van der Waals surface area contributed by atoms with E-state index in [1.807, 2.05) is 13.2 Å². The second-order valence-electron chi connectivity index (χ2n) is 6.24. The summed E-state index contributed by atoms with van der Waals surface area (Å²) in [6, 6.07) is -0.464. The molecule has 130 valence electrons. The van der Waals surface area contributed by atoms with Crippen LogP contribution in [0, 0.1) is 0 Å². The van der Waals surface area contributed by atoms with Gasteiger partial charge in [-0.15, -0.1) is 0 Å². The number of halogens is 1. The summed E-state index contributed by atoms with van der Waals surface area (Å²) in [7, 11) is 1.86. The van der Waals surface area contributed by atoms with Gasteiger partial charge in [-0.25, -0.2) is 14.1 Å². The van der Waals surface area contributed by atoms with Crippen LogP contribution in [0.1, 0.15) is 24.9 Å². The molecule has 24 heavy (non-hydrogen) atoms. The first-order valence-electron chi connectivity index (χ1n) is 8.00.